The maximum Gasteiger partial charge on any atom is 0.240 e. The van der Waals surface area contributed by atoms with Crippen LogP contribution in [-0.4, -0.2) is 38.2 Å². The first-order valence-corrected chi connectivity index (χ1v) is 7.41. The van der Waals surface area contributed by atoms with Gasteiger partial charge in [0.25, 0.3) is 0 Å². The van der Waals surface area contributed by atoms with Gasteiger partial charge in [-0.3, -0.25) is 9.59 Å². The Hall–Kier alpha value is -2.08. The number of methoxy groups -OCH3 is 2. The van der Waals surface area contributed by atoms with Crippen molar-refractivity contribution in [3.05, 3.63) is 18.2 Å². The minimum absolute atomic E-state index is 0.100. The quantitative estimate of drug-likeness (QED) is 0.789. The molecular formula is C16H17NO5. The zero-order chi connectivity index (χ0) is 15.4. The fourth-order valence-corrected chi connectivity index (χ4v) is 3.93. The number of hydrogen-bond acceptors (Lipinski definition) is 5. The molecule has 1 aromatic carbocycles. The third kappa shape index (κ3) is 1.64. The average molecular weight is 303 g/mol. The summed E-state index contributed by atoms with van der Waals surface area (Å²) >= 11 is 0. The summed E-state index contributed by atoms with van der Waals surface area (Å²) in [5.74, 6) is 0.105. The lowest BCUT2D eigenvalue weighted by atomic mass is 9.81. The topological polar surface area (TPSA) is 65.1 Å². The van der Waals surface area contributed by atoms with Crippen LogP contribution in [0.4, 0.5) is 5.69 Å². The van der Waals surface area contributed by atoms with Gasteiger partial charge in [-0.1, -0.05) is 0 Å². The summed E-state index contributed by atoms with van der Waals surface area (Å²) in [6, 6.07) is 5.08. The van der Waals surface area contributed by atoms with E-state index in [1.807, 2.05) is 0 Å². The molecule has 3 fully saturated rings. The third-order valence-electron chi connectivity index (χ3n) is 4.91. The minimum Gasteiger partial charge on any atom is -0.493 e. The standard InChI is InChI=1S/C16H17NO5/c1-20-9-4-3-8(7-12(9)21-2)17-15(18)13-10-5-6-11(22-10)14(13)16(17)19/h3-4,7,10-11,13-14H,5-6H2,1-2H3/t10-,11+,13-,14+. The van der Waals surface area contributed by atoms with E-state index in [2.05, 4.69) is 0 Å². The number of benzene rings is 1. The van der Waals surface area contributed by atoms with Crippen LogP contribution in [0.5, 0.6) is 11.5 Å². The van der Waals surface area contributed by atoms with Crippen LogP contribution < -0.4 is 14.4 Å². The number of hydrogen-bond donors (Lipinski definition) is 0. The van der Waals surface area contributed by atoms with E-state index in [0.29, 0.717) is 17.2 Å². The van der Waals surface area contributed by atoms with Gasteiger partial charge >= 0.3 is 0 Å². The Kier molecular flexibility index (Phi) is 2.91. The molecule has 0 unspecified atom stereocenters. The molecule has 1 aromatic rings. The van der Waals surface area contributed by atoms with Gasteiger partial charge in [-0.2, -0.15) is 0 Å². The highest BCUT2D eigenvalue weighted by molar-refractivity contribution is 6.22. The summed E-state index contributed by atoms with van der Waals surface area (Å²) in [5.41, 5.74) is 0.529. The number of imide groups is 1. The first-order valence-electron chi connectivity index (χ1n) is 7.41. The summed E-state index contributed by atoms with van der Waals surface area (Å²) in [6.45, 7) is 0. The van der Waals surface area contributed by atoms with Crippen LogP contribution in [0, 0.1) is 11.8 Å². The lowest BCUT2D eigenvalue weighted by Gasteiger charge is -2.19. The summed E-state index contributed by atoms with van der Waals surface area (Å²) in [7, 11) is 3.07. The van der Waals surface area contributed by atoms with E-state index >= 15 is 0 Å². The molecule has 0 N–H and O–H groups in total. The van der Waals surface area contributed by atoms with E-state index in [9.17, 15) is 9.59 Å². The van der Waals surface area contributed by atoms with Crippen LogP contribution in [0.25, 0.3) is 0 Å². The highest BCUT2D eigenvalue weighted by Gasteiger charge is 2.62. The molecule has 3 heterocycles. The average Bonchev–Trinajstić information content (AvgIpc) is 3.21. The Bertz CT molecular complexity index is 630. The molecule has 3 aliphatic heterocycles. The van der Waals surface area contributed by atoms with Gasteiger partial charge in [0.05, 0.1) is 44.0 Å². The number of rotatable bonds is 3. The van der Waals surface area contributed by atoms with Crippen molar-refractivity contribution < 1.29 is 23.8 Å². The summed E-state index contributed by atoms with van der Waals surface area (Å²) in [6.07, 6.45) is 1.53. The maximum atomic E-state index is 12.7. The second-order valence-electron chi connectivity index (χ2n) is 5.89. The van der Waals surface area contributed by atoms with Crippen molar-refractivity contribution in [1.82, 2.24) is 0 Å². The van der Waals surface area contributed by atoms with Crippen molar-refractivity contribution in [2.45, 2.75) is 25.0 Å². The molecule has 4 rings (SSSR count). The summed E-state index contributed by atoms with van der Waals surface area (Å²) in [5, 5.41) is 0. The normalized spacial score (nSPS) is 32.5. The largest absolute Gasteiger partial charge is 0.493 e. The predicted molar refractivity (Wildman–Crippen MR) is 76.9 cm³/mol. The van der Waals surface area contributed by atoms with Crippen LogP contribution in [0.1, 0.15) is 12.8 Å². The lowest BCUT2D eigenvalue weighted by Crippen LogP contribution is -2.34. The fraction of sp³-hybridized carbons (Fsp3) is 0.500. The van der Waals surface area contributed by atoms with Crippen molar-refractivity contribution in [1.29, 1.82) is 0 Å². The molecule has 3 aliphatic rings. The number of ether oxygens (including phenoxy) is 3. The third-order valence-corrected chi connectivity index (χ3v) is 4.91. The molecule has 2 bridgehead atoms. The molecule has 4 atom stereocenters. The van der Waals surface area contributed by atoms with Gasteiger partial charge in [0.2, 0.25) is 11.8 Å². The van der Waals surface area contributed by atoms with Crippen LogP contribution in [0.3, 0.4) is 0 Å². The second kappa shape index (κ2) is 4.71. The number of carbonyl (C=O) groups is 2. The summed E-state index contributed by atoms with van der Waals surface area (Å²) < 4.78 is 16.2. The monoisotopic (exact) mass is 303 g/mol. The van der Waals surface area contributed by atoms with E-state index < -0.39 is 0 Å². The van der Waals surface area contributed by atoms with Crippen molar-refractivity contribution in [2.75, 3.05) is 19.1 Å². The van der Waals surface area contributed by atoms with E-state index in [1.165, 1.54) is 12.0 Å². The fourth-order valence-electron chi connectivity index (χ4n) is 3.93. The first kappa shape index (κ1) is 13.6. The molecular weight excluding hydrogens is 286 g/mol. The zero-order valence-electron chi connectivity index (χ0n) is 12.4. The van der Waals surface area contributed by atoms with E-state index in [4.69, 9.17) is 14.2 Å². The molecule has 116 valence electrons. The predicted octanol–water partition coefficient (Wildman–Crippen LogP) is 1.37. The molecule has 0 saturated carbocycles. The van der Waals surface area contributed by atoms with Crippen molar-refractivity contribution in [3.8, 4) is 11.5 Å². The molecule has 6 heteroatoms. The van der Waals surface area contributed by atoms with Gasteiger partial charge in [-0.25, -0.2) is 4.90 Å². The molecule has 2 amide bonds. The van der Waals surface area contributed by atoms with Gasteiger partial charge in [0, 0.05) is 6.07 Å². The van der Waals surface area contributed by atoms with Crippen LogP contribution >= 0.6 is 0 Å². The molecule has 6 nitrogen and oxygen atoms in total. The Labute approximate surface area is 127 Å². The number of nitrogens with zero attached hydrogens (tertiary/aromatic N) is 1. The SMILES string of the molecule is COc1ccc(N2C(=O)[C@@H]3[C@H](C2=O)[C@H]2CC[C@@H]3O2)cc1OC. The van der Waals surface area contributed by atoms with Gasteiger partial charge < -0.3 is 14.2 Å². The number of carbonyl (C=O) groups excluding carboxylic acids is 2. The van der Waals surface area contributed by atoms with Gasteiger partial charge in [-0.15, -0.1) is 0 Å². The zero-order valence-corrected chi connectivity index (χ0v) is 12.4. The molecule has 3 saturated heterocycles. The number of fused-ring (bicyclic) bond motifs is 5. The summed E-state index contributed by atoms with van der Waals surface area (Å²) in [4.78, 5) is 26.7. The van der Waals surface area contributed by atoms with E-state index in [0.717, 1.165) is 12.8 Å². The lowest BCUT2D eigenvalue weighted by molar-refractivity contribution is -0.124. The van der Waals surface area contributed by atoms with Crippen LogP contribution in [0.2, 0.25) is 0 Å². The molecule has 0 radical (unpaired) electrons. The van der Waals surface area contributed by atoms with Crippen LogP contribution in [-0.2, 0) is 14.3 Å². The second-order valence-corrected chi connectivity index (χ2v) is 5.89. The molecule has 0 spiro atoms. The van der Waals surface area contributed by atoms with E-state index in [1.54, 1.807) is 25.3 Å². The Morgan fingerprint density at radius 3 is 2.14 bits per heavy atom. The smallest absolute Gasteiger partial charge is 0.240 e. The Morgan fingerprint density at radius 1 is 1.00 bits per heavy atom. The van der Waals surface area contributed by atoms with Crippen molar-refractivity contribution >= 4 is 17.5 Å². The molecule has 0 aliphatic carbocycles. The Morgan fingerprint density at radius 2 is 1.59 bits per heavy atom. The highest BCUT2D eigenvalue weighted by Crippen LogP contribution is 2.49. The maximum absolute atomic E-state index is 12.7. The highest BCUT2D eigenvalue weighted by atomic mass is 16.5. The van der Waals surface area contributed by atoms with E-state index in [-0.39, 0.29) is 35.9 Å². The van der Waals surface area contributed by atoms with Crippen LogP contribution in [0.15, 0.2) is 18.2 Å². The number of anilines is 1. The Balaban J connectivity index is 1.71. The molecule has 22 heavy (non-hydrogen) atoms. The number of amides is 2. The minimum atomic E-state index is -0.320. The van der Waals surface area contributed by atoms with Crippen molar-refractivity contribution in [2.24, 2.45) is 11.8 Å². The van der Waals surface area contributed by atoms with Crippen molar-refractivity contribution in [3.63, 3.8) is 0 Å². The first-order chi connectivity index (χ1) is 10.7. The van der Waals surface area contributed by atoms with Gasteiger partial charge in [-0.05, 0) is 25.0 Å². The molecule has 0 aromatic heterocycles. The van der Waals surface area contributed by atoms with Gasteiger partial charge in [0.15, 0.2) is 11.5 Å². The van der Waals surface area contributed by atoms with Gasteiger partial charge in [0.1, 0.15) is 0 Å².